The van der Waals surface area contributed by atoms with Crippen LogP contribution in [-0.4, -0.2) is 45.7 Å². The molecule has 10 heteroatoms. The van der Waals surface area contributed by atoms with E-state index in [1.54, 1.807) is 36.0 Å². The van der Waals surface area contributed by atoms with Crippen LogP contribution in [-0.2, 0) is 13.5 Å². The van der Waals surface area contributed by atoms with Crippen LogP contribution < -0.4 is 16.0 Å². The summed E-state index contributed by atoms with van der Waals surface area (Å²) in [5.74, 6) is -0.321. The van der Waals surface area contributed by atoms with Crippen LogP contribution >= 0.6 is 15.9 Å². The molecule has 4 N–H and O–H groups in total. The van der Waals surface area contributed by atoms with E-state index in [9.17, 15) is 14.4 Å². The van der Waals surface area contributed by atoms with Crippen molar-refractivity contribution >= 4 is 39.5 Å². The molecular formula is C18H22BrN5O4. The molecule has 1 aromatic carbocycles. The first kappa shape index (κ1) is 21.4. The van der Waals surface area contributed by atoms with Gasteiger partial charge in [0.25, 0.3) is 11.8 Å². The SMILES string of the molecule is CCc1cc(NC(=O)c2ncc(Br)n2C)ccc1C(=O)NCCCNC(=O)O. The monoisotopic (exact) mass is 451 g/mol. The number of rotatable bonds is 8. The number of carboxylic acid groups (broad SMARTS) is 1. The number of aromatic nitrogens is 2. The Morgan fingerprint density at radius 2 is 1.89 bits per heavy atom. The third-order valence-electron chi connectivity index (χ3n) is 4.04. The van der Waals surface area contributed by atoms with Crippen LogP contribution in [0.1, 0.15) is 39.9 Å². The predicted molar refractivity (Wildman–Crippen MR) is 108 cm³/mol. The van der Waals surface area contributed by atoms with Gasteiger partial charge >= 0.3 is 6.09 Å². The van der Waals surface area contributed by atoms with Gasteiger partial charge in [-0.05, 0) is 52.5 Å². The minimum absolute atomic E-state index is 0.238. The van der Waals surface area contributed by atoms with Crippen molar-refractivity contribution in [2.45, 2.75) is 19.8 Å². The van der Waals surface area contributed by atoms with Crippen molar-refractivity contribution in [3.8, 4) is 0 Å². The lowest BCUT2D eigenvalue weighted by atomic mass is 10.0. The van der Waals surface area contributed by atoms with E-state index in [0.29, 0.717) is 35.2 Å². The molecule has 0 aliphatic rings. The summed E-state index contributed by atoms with van der Waals surface area (Å²) in [5, 5.41) is 16.3. The van der Waals surface area contributed by atoms with Gasteiger partial charge in [0.15, 0.2) is 5.82 Å². The molecule has 150 valence electrons. The Labute approximate surface area is 170 Å². The maximum Gasteiger partial charge on any atom is 0.404 e. The van der Waals surface area contributed by atoms with Crippen LogP contribution in [0.25, 0.3) is 0 Å². The van der Waals surface area contributed by atoms with Gasteiger partial charge in [-0.3, -0.25) is 9.59 Å². The van der Waals surface area contributed by atoms with Gasteiger partial charge in [-0.1, -0.05) is 6.92 Å². The number of carbonyl (C=O) groups is 3. The molecule has 0 saturated carbocycles. The first-order valence-corrected chi connectivity index (χ1v) is 9.49. The molecule has 0 radical (unpaired) electrons. The fourth-order valence-electron chi connectivity index (χ4n) is 2.55. The Morgan fingerprint density at radius 3 is 2.50 bits per heavy atom. The lowest BCUT2D eigenvalue weighted by molar-refractivity contribution is 0.0951. The number of amides is 3. The number of carbonyl (C=O) groups excluding carboxylic acids is 2. The summed E-state index contributed by atoms with van der Waals surface area (Å²) in [6, 6.07) is 5.08. The van der Waals surface area contributed by atoms with Gasteiger partial charge in [0.05, 0.1) is 6.20 Å². The fraction of sp³-hybridized carbons (Fsp3) is 0.333. The molecule has 2 aromatic rings. The van der Waals surface area contributed by atoms with Crippen LogP contribution in [0.15, 0.2) is 29.0 Å². The predicted octanol–water partition coefficient (Wildman–Crippen LogP) is 2.38. The highest BCUT2D eigenvalue weighted by atomic mass is 79.9. The highest BCUT2D eigenvalue weighted by molar-refractivity contribution is 9.10. The maximum atomic E-state index is 12.4. The Balaban J connectivity index is 2.01. The fourth-order valence-corrected chi connectivity index (χ4v) is 2.82. The summed E-state index contributed by atoms with van der Waals surface area (Å²) < 4.78 is 2.31. The molecule has 2 rings (SSSR count). The van der Waals surface area contributed by atoms with Gasteiger partial charge < -0.3 is 25.6 Å². The summed E-state index contributed by atoms with van der Waals surface area (Å²) in [6.45, 7) is 2.55. The van der Waals surface area contributed by atoms with Gasteiger partial charge in [-0.25, -0.2) is 9.78 Å². The molecule has 9 nitrogen and oxygen atoms in total. The van der Waals surface area contributed by atoms with E-state index >= 15 is 0 Å². The lowest BCUT2D eigenvalue weighted by Crippen LogP contribution is -2.29. The van der Waals surface area contributed by atoms with E-state index in [2.05, 4.69) is 36.9 Å². The van der Waals surface area contributed by atoms with Gasteiger partial charge in [0.2, 0.25) is 0 Å². The molecule has 0 aliphatic heterocycles. The highest BCUT2D eigenvalue weighted by Crippen LogP contribution is 2.18. The molecule has 0 spiro atoms. The van der Waals surface area contributed by atoms with Crippen LogP contribution in [0.2, 0.25) is 0 Å². The quantitative estimate of drug-likeness (QED) is 0.458. The molecule has 0 saturated heterocycles. The zero-order valence-corrected chi connectivity index (χ0v) is 17.2. The number of halogens is 1. The Hall–Kier alpha value is -2.88. The van der Waals surface area contributed by atoms with E-state index in [-0.39, 0.29) is 24.2 Å². The van der Waals surface area contributed by atoms with Crippen molar-refractivity contribution in [3.63, 3.8) is 0 Å². The molecule has 0 unspecified atom stereocenters. The molecule has 0 aliphatic carbocycles. The number of benzene rings is 1. The third-order valence-corrected chi connectivity index (χ3v) is 4.78. The molecule has 0 bridgehead atoms. The van der Waals surface area contributed by atoms with Crippen molar-refractivity contribution < 1.29 is 19.5 Å². The topological polar surface area (TPSA) is 125 Å². The summed E-state index contributed by atoms with van der Waals surface area (Å²) in [4.78, 5) is 39.2. The van der Waals surface area contributed by atoms with E-state index in [0.717, 1.165) is 5.56 Å². The molecule has 3 amide bonds. The van der Waals surface area contributed by atoms with E-state index in [1.807, 2.05) is 6.92 Å². The molecule has 0 atom stereocenters. The standard InChI is InChI=1S/C18H22BrN5O4/c1-3-11-9-12(23-17(26)15-22-10-14(19)24(15)2)5-6-13(11)16(25)20-7-4-8-21-18(27)28/h5-6,9-10,21H,3-4,7-8H2,1-2H3,(H,20,25)(H,23,26)(H,27,28). The lowest BCUT2D eigenvalue weighted by Gasteiger charge is -2.12. The number of nitrogens with one attached hydrogen (secondary N) is 3. The van der Waals surface area contributed by atoms with Crippen LogP contribution in [0.4, 0.5) is 10.5 Å². The van der Waals surface area contributed by atoms with Crippen molar-refractivity contribution in [2.24, 2.45) is 7.05 Å². The maximum absolute atomic E-state index is 12.4. The Morgan fingerprint density at radius 1 is 1.18 bits per heavy atom. The highest BCUT2D eigenvalue weighted by Gasteiger charge is 2.16. The average Bonchev–Trinajstić information content (AvgIpc) is 2.99. The van der Waals surface area contributed by atoms with Crippen LogP contribution in [0.5, 0.6) is 0 Å². The minimum Gasteiger partial charge on any atom is -0.465 e. The number of nitrogens with zero attached hydrogens (tertiary/aromatic N) is 2. The van der Waals surface area contributed by atoms with Crippen molar-refractivity contribution in [1.29, 1.82) is 0 Å². The third kappa shape index (κ3) is 5.56. The largest absolute Gasteiger partial charge is 0.465 e. The van der Waals surface area contributed by atoms with Gasteiger partial charge in [-0.2, -0.15) is 0 Å². The number of hydrogen-bond donors (Lipinski definition) is 4. The number of anilines is 1. The smallest absolute Gasteiger partial charge is 0.404 e. The normalized spacial score (nSPS) is 10.4. The molecule has 1 aromatic heterocycles. The van der Waals surface area contributed by atoms with Crippen LogP contribution in [0, 0.1) is 0 Å². The number of hydrogen-bond acceptors (Lipinski definition) is 4. The van der Waals surface area contributed by atoms with E-state index < -0.39 is 6.09 Å². The zero-order valence-electron chi connectivity index (χ0n) is 15.6. The minimum atomic E-state index is -1.09. The number of aryl methyl sites for hydroxylation is 1. The molecule has 28 heavy (non-hydrogen) atoms. The van der Waals surface area contributed by atoms with E-state index in [4.69, 9.17) is 5.11 Å². The zero-order chi connectivity index (χ0) is 20.7. The van der Waals surface area contributed by atoms with Gasteiger partial charge in [0.1, 0.15) is 4.60 Å². The average molecular weight is 452 g/mol. The van der Waals surface area contributed by atoms with Crippen molar-refractivity contribution in [3.05, 3.63) is 46.0 Å². The Kier molecular flexibility index (Phi) is 7.56. The number of imidazole rings is 1. The van der Waals surface area contributed by atoms with Crippen molar-refractivity contribution in [1.82, 2.24) is 20.2 Å². The van der Waals surface area contributed by atoms with E-state index in [1.165, 1.54) is 0 Å². The van der Waals surface area contributed by atoms with Crippen LogP contribution in [0.3, 0.4) is 0 Å². The second-order valence-electron chi connectivity index (χ2n) is 5.98. The summed E-state index contributed by atoms with van der Waals surface area (Å²) in [5.41, 5.74) is 1.88. The van der Waals surface area contributed by atoms with Crippen molar-refractivity contribution in [2.75, 3.05) is 18.4 Å². The molecular weight excluding hydrogens is 430 g/mol. The second-order valence-corrected chi connectivity index (χ2v) is 6.80. The molecule has 0 fully saturated rings. The second kappa shape index (κ2) is 9.88. The Bertz CT molecular complexity index is 881. The first-order chi connectivity index (χ1) is 13.3. The van der Waals surface area contributed by atoms with Gasteiger partial charge in [0, 0.05) is 31.4 Å². The summed E-state index contributed by atoms with van der Waals surface area (Å²) in [7, 11) is 1.73. The summed E-state index contributed by atoms with van der Waals surface area (Å²) in [6.07, 6.45) is 1.56. The first-order valence-electron chi connectivity index (χ1n) is 8.70. The summed E-state index contributed by atoms with van der Waals surface area (Å²) >= 11 is 3.30. The van der Waals surface area contributed by atoms with Gasteiger partial charge in [-0.15, -0.1) is 0 Å². The molecule has 1 heterocycles.